The van der Waals surface area contributed by atoms with Crippen LogP contribution in [-0.4, -0.2) is 18.0 Å². The highest BCUT2D eigenvalue weighted by atomic mass is 35.5. The second-order valence-electron chi connectivity index (χ2n) is 4.62. The maximum absolute atomic E-state index is 12.0. The molecule has 1 amide bonds. The lowest BCUT2D eigenvalue weighted by Crippen LogP contribution is -2.32. The average molecular weight is 317 g/mol. The van der Waals surface area contributed by atoms with Crippen molar-refractivity contribution in [3.8, 4) is 0 Å². The summed E-state index contributed by atoms with van der Waals surface area (Å²) >= 11 is 5.86. The Hall–Kier alpha value is -2.73. The fourth-order valence-corrected chi connectivity index (χ4v) is 2.42. The van der Waals surface area contributed by atoms with Gasteiger partial charge in [0.1, 0.15) is 5.71 Å². The molecule has 0 saturated carbocycles. The van der Waals surface area contributed by atoms with Crippen molar-refractivity contribution in [2.24, 2.45) is 10.9 Å². The number of carbonyl (C=O) groups is 1. The van der Waals surface area contributed by atoms with E-state index >= 15 is 0 Å². The van der Waals surface area contributed by atoms with Gasteiger partial charge in [-0.15, -0.1) is 0 Å². The Kier molecular flexibility index (Phi) is 3.84. The minimum atomic E-state index is -0.735. The maximum Gasteiger partial charge on any atom is 0.413 e. The summed E-state index contributed by atoms with van der Waals surface area (Å²) < 4.78 is 5.33. The van der Waals surface area contributed by atoms with Crippen LogP contribution in [-0.2, 0) is 4.74 Å². The van der Waals surface area contributed by atoms with Crippen LogP contribution in [0.1, 0.15) is 5.56 Å². The number of nitrogens with zero attached hydrogens (tertiary/aromatic N) is 1. The molecule has 0 unspecified atom stereocenters. The second-order valence-corrected chi connectivity index (χ2v) is 5.06. The van der Waals surface area contributed by atoms with Crippen LogP contribution in [0.5, 0.6) is 0 Å². The van der Waals surface area contributed by atoms with Crippen molar-refractivity contribution < 1.29 is 9.53 Å². The zero-order valence-corrected chi connectivity index (χ0v) is 12.2. The summed E-state index contributed by atoms with van der Waals surface area (Å²) in [5, 5.41) is 9.88. The first-order valence-electron chi connectivity index (χ1n) is 6.54. The van der Waals surface area contributed by atoms with Crippen molar-refractivity contribution in [2.75, 3.05) is 10.6 Å². The Morgan fingerprint density at radius 3 is 2.86 bits per heavy atom. The standard InChI is InChI=1S/C15H13ClN4O2/c16-9-4-3-5-10(8-9)18-15(21)22-14-13(20-17)11-6-1-2-7-12(11)19-14/h1-8,14,19H,17H2,(H,18,21)/t14-/m0/s1. The van der Waals surface area contributed by atoms with Crippen LogP contribution in [0.15, 0.2) is 53.6 Å². The lowest BCUT2D eigenvalue weighted by molar-refractivity contribution is 0.153. The number of fused-ring (bicyclic) bond motifs is 1. The summed E-state index contributed by atoms with van der Waals surface area (Å²) in [6.07, 6.45) is -1.37. The Bertz CT molecular complexity index is 748. The van der Waals surface area contributed by atoms with Crippen LogP contribution in [0.2, 0.25) is 5.02 Å². The monoisotopic (exact) mass is 316 g/mol. The summed E-state index contributed by atoms with van der Waals surface area (Å²) in [5.74, 6) is 5.41. The molecule has 4 N–H and O–H groups in total. The molecular weight excluding hydrogens is 304 g/mol. The van der Waals surface area contributed by atoms with Gasteiger partial charge in [0.2, 0.25) is 6.23 Å². The van der Waals surface area contributed by atoms with Gasteiger partial charge in [-0.1, -0.05) is 35.9 Å². The molecule has 0 saturated heterocycles. The van der Waals surface area contributed by atoms with E-state index in [-0.39, 0.29) is 0 Å². The van der Waals surface area contributed by atoms with E-state index in [2.05, 4.69) is 15.7 Å². The van der Waals surface area contributed by atoms with E-state index in [1.807, 2.05) is 24.3 Å². The van der Waals surface area contributed by atoms with Crippen molar-refractivity contribution in [2.45, 2.75) is 6.23 Å². The molecule has 7 heteroatoms. The van der Waals surface area contributed by atoms with Crippen LogP contribution < -0.4 is 16.5 Å². The van der Waals surface area contributed by atoms with Gasteiger partial charge in [-0.3, -0.25) is 5.32 Å². The molecule has 1 heterocycles. The van der Waals surface area contributed by atoms with Crippen LogP contribution >= 0.6 is 11.6 Å². The van der Waals surface area contributed by atoms with E-state index in [0.717, 1.165) is 11.3 Å². The fourth-order valence-electron chi connectivity index (χ4n) is 2.23. The van der Waals surface area contributed by atoms with Gasteiger partial charge in [0.25, 0.3) is 0 Å². The molecule has 0 bridgehead atoms. The molecule has 22 heavy (non-hydrogen) atoms. The van der Waals surface area contributed by atoms with Gasteiger partial charge in [0.05, 0.1) is 0 Å². The number of hydrogen-bond donors (Lipinski definition) is 3. The second kappa shape index (κ2) is 5.95. The summed E-state index contributed by atoms with van der Waals surface area (Å²) in [6.45, 7) is 0. The molecule has 0 fully saturated rings. The molecule has 6 nitrogen and oxygen atoms in total. The van der Waals surface area contributed by atoms with Crippen molar-refractivity contribution >= 4 is 34.8 Å². The number of benzene rings is 2. The molecule has 1 atom stereocenters. The minimum Gasteiger partial charge on any atom is -0.419 e. The van der Waals surface area contributed by atoms with Crippen molar-refractivity contribution in [1.82, 2.24) is 0 Å². The van der Waals surface area contributed by atoms with Gasteiger partial charge in [-0.2, -0.15) is 5.10 Å². The molecule has 2 aromatic carbocycles. The topological polar surface area (TPSA) is 88.7 Å². The first kappa shape index (κ1) is 14.2. The van der Waals surface area contributed by atoms with Crippen molar-refractivity contribution in [3.63, 3.8) is 0 Å². The number of halogens is 1. The molecule has 0 aromatic heterocycles. The van der Waals surface area contributed by atoms with E-state index in [1.165, 1.54) is 0 Å². The summed E-state index contributed by atoms with van der Waals surface area (Å²) in [7, 11) is 0. The molecule has 2 aromatic rings. The Morgan fingerprint density at radius 2 is 2.09 bits per heavy atom. The number of anilines is 2. The highest BCUT2D eigenvalue weighted by molar-refractivity contribution is 6.30. The number of nitrogens with one attached hydrogen (secondary N) is 2. The summed E-state index contributed by atoms with van der Waals surface area (Å²) in [4.78, 5) is 12.0. The quantitative estimate of drug-likeness (QED) is 0.587. The first-order valence-corrected chi connectivity index (χ1v) is 6.92. The number of ether oxygens (including phenoxy) is 1. The third kappa shape index (κ3) is 2.82. The molecule has 112 valence electrons. The van der Waals surface area contributed by atoms with Crippen molar-refractivity contribution in [3.05, 3.63) is 59.1 Å². The summed E-state index contributed by atoms with van der Waals surface area (Å²) in [6, 6.07) is 14.2. The van der Waals surface area contributed by atoms with Crippen LogP contribution in [0.25, 0.3) is 0 Å². The van der Waals surface area contributed by atoms with E-state index in [9.17, 15) is 4.79 Å². The number of rotatable bonds is 2. The molecule has 1 aliphatic rings. The SMILES string of the molecule is NN=C1c2ccccc2N[C@H]1OC(=O)Nc1cccc(Cl)c1. The zero-order chi connectivity index (χ0) is 15.5. The Balaban J connectivity index is 1.70. The highest BCUT2D eigenvalue weighted by Gasteiger charge is 2.30. The number of amides is 1. The lowest BCUT2D eigenvalue weighted by atomic mass is 10.1. The molecular formula is C15H13ClN4O2. The Morgan fingerprint density at radius 1 is 1.27 bits per heavy atom. The number of para-hydroxylation sites is 1. The molecule has 0 spiro atoms. The minimum absolute atomic E-state index is 0.469. The number of nitrogens with two attached hydrogens (primary N) is 1. The number of hydrazone groups is 1. The smallest absolute Gasteiger partial charge is 0.413 e. The average Bonchev–Trinajstić information content (AvgIpc) is 2.83. The number of hydrogen-bond acceptors (Lipinski definition) is 5. The van der Waals surface area contributed by atoms with Crippen molar-refractivity contribution in [1.29, 1.82) is 0 Å². The predicted octanol–water partition coefficient (Wildman–Crippen LogP) is 3.00. The van der Waals surface area contributed by atoms with Crippen LogP contribution in [0.4, 0.5) is 16.2 Å². The third-order valence-electron chi connectivity index (χ3n) is 3.17. The first-order chi connectivity index (χ1) is 10.7. The van der Waals surface area contributed by atoms with Gasteiger partial charge >= 0.3 is 6.09 Å². The lowest BCUT2D eigenvalue weighted by Gasteiger charge is -2.14. The predicted molar refractivity (Wildman–Crippen MR) is 86.1 cm³/mol. The third-order valence-corrected chi connectivity index (χ3v) is 3.41. The van der Waals surface area contributed by atoms with Gasteiger partial charge < -0.3 is 15.9 Å². The van der Waals surface area contributed by atoms with Gasteiger partial charge in [-0.05, 0) is 24.3 Å². The maximum atomic E-state index is 12.0. The van der Waals surface area contributed by atoms with E-state index < -0.39 is 12.3 Å². The van der Waals surface area contributed by atoms with E-state index in [0.29, 0.717) is 16.4 Å². The molecule has 0 aliphatic carbocycles. The number of carbonyl (C=O) groups excluding carboxylic acids is 1. The van der Waals surface area contributed by atoms with Gasteiger partial charge in [0.15, 0.2) is 0 Å². The Labute approximate surface area is 131 Å². The van der Waals surface area contributed by atoms with Gasteiger partial charge in [0, 0.05) is 22.0 Å². The molecule has 0 radical (unpaired) electrons. The zero-order valence-electron chi connectivity index (χ0n) is 11.4. The normalized spacial score (nSPS) is 17.7. The largest absolute Gasteiger partial charge is 0.419 e. The fraction of sp³-hybridized carbons (Fsp3) is 0.0667. The highest BCUT2D eigenvalue weighted by Crippen LogP contribution is 2.26. The van der Waals surface area contributed by atoms with Crippen LogP contribution in [0.3, 0.4) is 0 Å². The van der Waals surface area contributed by atoms with E-state index in [4.69, 9.17) is 22.2 Å². The van der Waals surface area contributed by atoms with Crippen LogP contribution in [0, 0.1) is 0 Å². The van der Waals surface area contributed by atoms with Gasteiger partial charge in [-0.25, -0.2) is 4.79 Å². The summed E-state index contributed by atoms with van der Waals surface area (Å²) in [5.41, 5.74) is 2.63. The molecule has 1 aliphatic heterocycles. The molecule has 3 rings (SSSR count). The van der Waals surface area contributed by atoms with E-state index in [1.54, 1.807) is 24.3 Å².